The van der Waals surface area contributed by atoms with Crippen molar-refractivity contribution in [3.63, 3.8) is 0 Å². The van der Waals surface area contributed by atoms with Gasteiger partial charge in [-0.1, -0.05) is 0 Å². The molecule has 6 heteroatoms. The van der Waals surface area contributed by atoms with E-state index in [0.717, 1.165) is 22.6 Å². The quantitative estimate of drug-likeness (QED) is 0.696. The van der Waals surface area contributed by atoms with Crippen molar-refractivity contribution in [3.05, 3.63) is 36.5 Å². The SMILES string of the molecule is Cc1cc(Nc2ncnc3[nH]ncc23)ccn1. The molecule has 0 atom stereocenters. The van der Waals surface area contributed by atoms with Gasteiger partial charge in [0.05, 0.1) is 11.6 Å². The monoisotopic (exact) mass is 226 g/mol. The predicted molar refractivity (Wildman–Crippen MR) is 63.9 cm³/mol. The summed E-state index contributed by atoms with van der Waals surface area (Å²) in [6.45, 7) is 1.94. The predicted octanol–water partition coefficient (Wildman–Crippen LogP) is 1.80. The Morgan fingerprint density at radius 3 is 3.06 bits per heavy atom. The number of rotatable bonds is 2. The zero-order chi connectivity index (χ0) is 11.7. The number of aryl methyl sites for hydroxylation is 1. The van der Waals surface area contributed by atoms with Gasteiger partial charge in [-0.05, 0) is 19.1 Å². The summed E-state index contributed by atoms with van der Waals surface area (Å²) in [5.74, 6) is 0.731. The lowest BCUT2D eigenvalue weighted by Crippen LogP contribution is -1.95. The topological polar surface area (TPSA) is 79.4 Å². The lowest BCUT2D eigenvalue weighted by atomic mass is 10.3. The number of pyridine rings is 1. The van der Waals surface area contributed by atoms with Crippen LogP contribution in [-0.4, -0.2) is 25.1 Å². The maximum absolute atomic E-state index is 4.20. The number of aromatic nitrogens is 5. The van der Waals surface area contributed by atoms with Crippen LogP contribution < -0.4 is 5.32 Å². The van der Waals surface area contributed by atoms with Crippen LogP contribution in [0.2, 0.25) is 0 Å². The van der Waals surface area contributed by atoms with E-state index in [0.29, 0.717) is 5.65 Å². The smallest absolute Gasteiger partial charge is 0.160 e. The zero-order valence-electron chi connectivity index (χ0n) is 9.18. The van der Waals surface area contributed by atoms with Gasteiger partial charge in [0.15, 0.2) is 5.65 Å². The van der Waals surface area contributed by atoms with E-state index in [4.69, 9.17) is 0 Å². The van der Waals surface area contributed by atoms with E-state index < -0.39 is 0 Å². The van der Waals surface area contributed by atoms with Crippen molar-refractivity contribution in [3.8, 4) is 0 Å². The molecule has 0 aromatic carbocycles. The Hall–Kier alpha value is -2.50. The second-order valence-electron chi connectivity index (χ2n) is 3.67. The first-order valence-electron chi connectivity index (χ1n) is 5.17. The molecule has 2 N–H and O–H groups in total. The Bertz CT molecular complexity index is 660. The fourth-order valence-electron chi connectivity index (χ4n) is 1.62. The Morgan fingerprint density at radius 2 is 2.18 bits per heavy atom. The highest BCUT2D eigenvalue weighted by Crippen LogP contribution is 2.20. The number of nitrogens with one attached hydrogen (secondary N) is 2. The number of hydrogen-bond donors (Lipinski definition) is 2. The summed E-state index contributed by atoms with van der Waals surface area (Å²) in [7, 11) is 0. The van der Waals surface area contributed by atoms with Gasteiger partial charge in [0, 0.05) is 17.6 Å². The highest BCUT2D eigenvalue weighted by atomic mass is 15.2. The Morgan fingerprint density at radius 1 is 1.24 bits per heavy atom. The van der Waals surface area contributed by atoms with E-state index in [9.17, 15) is 0 Å². The third-order valence-corrected chi connectivity index (χ3v) is 2.41. The minimum atomic E-state index is 0.716. The molecule has 6 nitrogen and oxygen atoms in total. The molecule has 3 rings (SSSR count). The molecule has 0 unspecified atom stereocenters. The Kier molecular flexibility index (Phi) is 2.18. The van der Waals surface area contributed by atoms with Crippen molar-refractivity contribution in [2.75, 3.05) is 5.32 Å². The minimum Gasteiger partial charge on any atom is -0.339 e. The van der Waals surface area contributed by atoms with E-state index >= 15 is 0 Å². The van der Waals surface area contributed by atoms with Crippen molar-refractivity contribution >= 4 is 22.5 Å². The lowest BCUT2D eigenvalue weighted by Gasteiger charge is -2.05. The molecule has 0 fully saturated rings. The van der Waals surface area contributed by atoms with Crippen LogP contribution in [0.4, 0.5) is 11.5 Å². The average Bonchev–Trinajstić information content (AvgIpc) is 2.78. The molecule has 0 aliphatic heterocycles. The number of aromatic amines is 1. The fraction of sp³-hybridized carbons (Fsp3) is 0.0909. The van der Waals surface area contributed by atoms with E-state index in [-0.39, 0.29) is 0 Å². The largest absolute Gasteiger partial charge is 0.339 e. The zero-order valence-corrected chi connectivity index (χ0v) is 9.18. The van der Waals surface area contributed by atoms with Crippen LogP contribution >= 0.6 is 0 Å². The van der Waals surface area contributed by atoms with Crippen LogP contribution in [-0.2, 0) is 0 Å². The third-order valence-electron chi connectivity index (χ3n) is 2.41. The van der Waals surface area contributed by atoms with E-state index in [1.54, 1.807) is 12.4 Å². The Labute approximate surface area is 97.1 Å². The highest BCUT2D eigenvalue weighted by molar-refractivity contribution is 5.87. The van der Waals surface area contributed by atoms with Gasteiger partial charge in [0.2, 0.25) is 0 Å². The minimum absolute atomic E-state index is 0.716. The number of hydrogen-bond acceptors (Lipinski definition) is 5. The molecular weight excluding hydrogens is 216 g/mol. The lowest BCUT2D eigenvalue weighted by molar-refractivity contribution is 1.09. The van der Waals surface area contributed by atoms with E-state index in [2.05, 4.69) is 30.5 Å². The second kappa shape index (κ2) is 3.82. The van der Waals surface area contributed by atoms with Crippen LogP contribution in [0.5, 0.6) is 0 Å². The van der Waals surface area contributed by atoms with Gasteiger partial charge in [-0.15, -0.1) is 0 Å². The first-order chi connectivity index (χ1) is 8.33. The maximum Gasteiger partial charge on any atom is 0.160 e. The summed E-state index contributed by atoms with van der Waals surface area (Å²) in [6.07, 6.45) is 4.95. The summed E-state index contributed by atoms with van der Waals surface area (Å²) in [5.41, 5.74) is 2.61. The molecule has 0 aliphatic carbocycles. The first-order valence-corrected chi connectivity index (χ1v) is 5.17. The number of fused-ring (bicyclic) bond motifs is 1. The van der Waals surface area contributed by atoms with Gasteiger partial charge in [0.25, 0.3) is 0 Å². The molecule has 0 saturated heterocycles. The van der Waals surface area contributed by atoms with Crippen LogP contribution in [0.25, 0.3) is 11.0 Å². The maximum atomic E-state index is 4.20. The molecule has 3 aromatic heterocycles. The highest BCUT2D eigenvalue weighted by Gasteiger charge is 2.05. The number of H-pyrrole nitrogens is 1. The molecule has 0 saturated carbocycles. The van der Waals surface area contributed by atoms with Crippen LogP contribution in [0.15, 0.2) is 30.9 Å². The standard InChI is InChI=1S/C11H10N6/c1-7-4-8(2-3-12-7)16-10-9-5-15-17-11(9)14-6-13-10/h2-6H,1H3,(H2,12,13,14,15,16,17). The molecule has 0 aliphatic rings. The molecule has 0 amide bonds. The summed E-state index contributed by atoms with van der Waals surface area (Å²) >= 11 is 0. The van der Waals surface area contributed by atoms with Gasteiger partial charge < -0.3 is 5.32 Å². The van der Waals surface area contributed by atoms with E-state index in [1.807, 2.05) is 19.1 Å². The van der Waals surface area contributed by atoms with Gasteiger partial charge in [-0.25, -0.2) is 9.97 Å². The van der Waals surface area contributed by atoms with E-state index in [1.165, 1.54) is 6.33 Å². The van der Waals surface area contributed by atoms with Crippen molar-refractivity contribution in [1.29, 1.82) is 0 Å². The number of nitrogens with zero attached hydrogens (tertiary/aromatic N) is 4. The summed E-state index contributed by atoms with van der Waals surface area (Å²) in [4.78, 5) is 12.4. The van der Waals surface area contributed by atoms with Crippen molar-refractivity contribution in [1.82, 2.24) is 25.1 Å². The normalized spacial score (nSPS) is 10.6. The average molecular weight is 226 g/mol. The van der Waals surface area contributed by atoms with Crippen molar-refractivity contribution < 1.29 is 0 Å². The van der Waals surface area contributed by atoms with Gasteiger partial charge in [-0.2, -0.15) is 5.10 Å². The third kappa shape index (κ3) is 1.80. The van der Waals surface area contributed by atoms with Crippen molar-refractivity contribution in [2.45, 2.75) is 6.92 Å². The van der Waals surface area contributed by atoms with Gasteiger partial charge in [-0.3, -0.25) is 10.1 Å². The first kappa shape index (κ1) is 9.71. The van der Waals surface area contributed by atoms with Crippen LogP contribution in [0, 0.1) is 6.92 Å². The molecule has 0 spiro atoms. The molecule has 84 valence electrons. The summed E-state index contributed by atoms with van der Waals surface area (Å²) in [5, 5.41) is 10.8. The molecular formula is C11H10N6. The fourth-order valence-corrected chi connectivity index (χ4v) is 1.62. The molecule has 17 heavy (non-hydrogen) atoms. The van der Waals surface area contributed by atoms with Crippen molar-refractivity contribution in [2.24, 2.45) is 0 Å². The Balaban J connectivity index is 2.02. The van der Waals surface area contributed by atoms with Gasteiger partial charge in [0.1, 0.15) is 12.1 Å². The molecule has 0 bridgehead atoms. The van der Waals surface area contributed by atoms with Crippen LogP contribution in [0.3, 0.4) is 0 Å². The number of anilines is 2. The molecule has 0 radical (unpaired) electrons. The second-order valence-corrected chi connectivity index (χ2v) is 3.67. The summed E-state index contributed by atoms with van der Waals surface area (Å²) < 4.78 is 0. The molecule has 3 heterocycles. The summed E-state index contributed by atoms with van der Waals surface area (Å²) in [6, 6.07) is 3.84. The molecule has 3 aromatic rings. The van der Waals surface area contributed by atoms with Gasteiger partial charge >= 0.3 is 0 Å². The van der Waals surface area contributed by atoms with Crippen LogP contribution in [0.1, 0.15) is 5.69 Å².